The van der Waals surface area contributed by atoms with Crippen LogP contribution in [0.4, 0.5) is 0 Å². The summed E-state index contributed by atoms with van der Waals surface area (Å²) in [6.45, 7) is 5.56. The normalized spacial score (nSPS) is 16.9. The lowest BCUT2D eigenvalue weighted by molar-refractivity contribution is -0.126. The van der Waals surface area contributed by atoms with Gasteiger partial charge in [-0.25, -0.2) is 0 Å². The zero-order valence-corrected chi connectivity index (χ0v) is 16.0. The number of rotatable bonds is 6. The van der Waals surface area contributed by atoms with Crippen LogP contribution < -0.4 is 10.6 Å². The molecule has 2 amide bonds. The largest absolute Gasteiger partial charge is 0.341 e. The van der Waals surface area contributed by atoms with Crippen LogP contribution in [0.2, 0.25) is 0 Å². The van der Waals surface area contributed by atoms with E-state index in [2.05, 4.69) is 20.8 Å². The topological polar surface area (TPSA) is 97.1 Å². The minimum atomic E-state index is -0.650. The SMILES string of the molecule is Cc1nc(C2(NC(=O)[C@@H](NC(=O)c3ccccc3)C(C)C)CCCC2)no1. The Bertz CT molecular complexity index is 795. The van der Waals surface area contributed by atoms with Gasteiger partial charge in [-0.15, -0.1) is 0 Å². The molecule has 144 valence electrons. The van der Waals surface area contributed by atoms with Gasteiger partial charge in [0.1, 0.15) is 11.6 Å². The number of aryl methyl sites for hydroxylation is 1. The molecule has 2 N–H and O–H groups in total. The summed E-state index contributed by atoms with van der Waals surface area (Å²) < 4.78 is 5.13. The Morgan fingerprint density at radius 2 is 1.81 bits per heavy atom. The van der Waals surface area contributed by atoms with Gasteiger partial charge < -0.3 is 15.2 Å². The second-order valence-electron chi connectivity index (χ2n) is 7.48. The Kier molecular flexibility index (Phi) is 5.58. The molecule has 1 saturated carbocycles. The monoisotopic (exact) mass is 370 g/mol. The summed E-state index contributed by atoms with van der Waals surface area (Å²) >= 11 is 0. The van der Waals surface area contributed by atoms with Gasteiger partial charge in [-0.05, 0) is 30.9 Å². The Balaban J connectivity index is 1.77. The van der Waals surface area contributed by atoms with Gasteiger partial charge in [0.25, 0.3) is 5.91 Å². The van der Waals surface area contributed by atoms with Gasteiger partial charge in [0.15, 0.2) is 5.82 Å². The van der Waals surface area contributed by atoms with Crippen molar-refractivity contribution in [3.05, 3.63) is 47.6 Å². The van der Waals surface area contributed by atoms with Crippen molar-refractivity contribution in [2.45, 2.75) is 58.0 Å². The van der Waals surface area contributed by atoms with Crippen LogP contribution in [0.1, 0.15) is 61.6 Å². The molecule has 1 aliphatic carbocycles. The van der Waals surface area contributed by atoms with Gasteiger partial charge in [0.2, 0.25) is 11.8 Å². The van der Waals surface area contributed by atoms with Crippen LogP contribution >= 0.6 is 0 Å². The first kappa shape index (κ1) is 19.1. The van der Waals surface area contributed by atoms with E-state index in [4.69, 9.17) is 4.52 Å². The van der Waals surface area contributed by atoms with Gasteiger partial charge >= 0.3 is 0 Å². The third-order valence-corrected chi connectivity index (χ3v) is 5.05. The molecular formula is C20H26N4O3. The number of nitrogens with zero attached hydrogens (tertiary/aromatic N) is 2. The summed E-state index contributed by atoms with van der Waals surface area (Å²) in [7, 11) is 0. The van der Waals surface area contributed by atoms with Crippen LogP contribution in [0, 0.1) is 12.8 Å². The first-order valence-corrected chi connectivity index (χ1v) is 9.40. The highest BCUT2D eigenvalue weighted by molar-refractivity contribution is 5.97. The molecule has 1 heterocycles. The lowest BCUT2D eigenvalue weighted by Crippen LogP contribution is -2.55. The molecule has 0 aliphatic heterocycles. The molecule has 2 aromatic rings. The van der Waals surface area contributed by atoms with Gasteiger partial charge in [-0.3, -0.25) is 9.59 Å². The number of hydrogen-bond acceptors (Lipinski definition) is 5. The van der Waals surface area contributed by atoms with Gasteiger partial charge in [-0.1, -0.05) is 50.0 Å². The summed E-state index contributed by atoms with van der Waals surface area (Å²) in [6.07, 6.45) is 3.48. The van der Waals surface area contributed by atoms with Crippen LogP contribution in [0.25, 0.3) is 0 Å². The molecule has 0 bridgehead atoms. The number of nitrogens with one attached hydrogen (secondary N) is 2. The third-order valence-electron chi connectivity index (χ3n) is 5.05. The average molecular weight is 370 g/mol. The van der Waals surface area contributed by atoms with Crippen molar-refractivity contribution in [1.82, 2.24) is 20.8 Å². The highest BCUT2D eigenvalue weighted by atomic mass is 16.5. The maximum Gasteiger partial charge on any atom is 0.251 e. The average Bonchev–Trinajstić information content (AvgIpc) is 3.29. The second kappa shape index (κ2) is 7.90. The van der Waals surface area contributed by atoms with Crippen LogP contribution in [-0.2, 0) is 10.3 Å². The number of amides is 2. The van der Waals surface area contributed by atoms with Crippen molar-refractivity contribution in [2.75, 3.05) is 0 Å². The molecule has 1 aromatic heterocycles. The van der Waals surface area contributed by atoms with Crippen molar-refractivity contribution in [2.24, 2.45) is 5.92 Å². The van der Waals surface area contributed by atoms with E-state index in [1.807, 2.05) is 19.9 Å². The summed E-state index contributed by atoms with van der Waals surface area (Å²) in [5.74, 6) is 0.438. The minimum Gasteiger partial charge on any atom is -0.341 e. The lowest BCUT2D eigenvalue weighted by Gasteiger charge is -2.30. The Morgan fingerprint density at radius 1 is 1.15 bits per heavy atom. The fraction of sp³-hybridized carbons (Fsp3) is 0.500. The maximum atomic E-state index is 13.1. The van der Waals surface area contributed by atoms with Gasteiger partial charge in [0.05, 0.1) is 0 Å². The first-order valence-electron chi connectivity index (χ1n) is 9.40. The summed E-state index contributed by atoms with van der Waals surface area (Å²) in [5.41, 5.74) is -0.0975. The van der Waals surface area contributed by atoms with Gasteiger partial charge in [-0.2, -0.15) is 4.98 Å². The van der Waals surface area contributed by atoms with Crippen molar-refractivity contribution < 1.29 is 14.1 Å². The lowest BCUT2D eigenvalue weighted by atomic mass is 9.94. The molecule has 0 radical (unpaired) electrons. The van der Waals surface area contributed by atoms with Crippen molar-refractivity contribution in [3.63, 3.8) is 0 Å². The molecular weight excluding hydrogens is 344 g/mol. The molecule has 27 heavy (non-hydrogen) atoms. The van der Waals surface area contributed by atoms with Crippen LogP contribution in [0.5, 0.6) is 0 Å². The van der Waals surface area contributed by atoms with Crippen LogP contribution in [0.3, 0.4) is 0 Å². The first-order chi connectivity index (χ1) is 12.9. The molecule has 7 nitrogen and oxygen atoms in total. The summed E-state index contributed by atoms with van der Waals surface area (Å²) in [6, 6.07) is 8.25. The zero-order chi connectivity index (χ0) is 19.4. The molecule has 0 spiro atoms. The predicted molar refractivity (Wildman–Crippen MR) is 99.9 cm³/mol. The minimum absolute atomic E-state index is 0.0666. The highest BCUT2D eigenvalue weighted by Crippen LogP contribution is 2.37. The summed E-state index contributed by atoms with van der Waals surface area (Å²) in [5, 5.41) is 10.0. The number of carbonyl (C=O) groups excluding carboxylic acids is 2. The molecule has 1 aliphatic rings. The zero-order valence-electron chi connectivity index (χ0n) is 16.0. The summed E-state index contributed by atoms with van der Waals surface area (Å²) in [4.78, 5) is 30.0. The Hall–Kier alpha value is -2.70. The predicted octanol–water partition coefficient (Wildman–Crippen LogP) is 2.72. The molecule has 1 fully saturated rings. The van der Waals surface area contributed by atoms with E-state index < -0.39 is 11.6 Å². The number of aromatic nitrogens is 2. The van der Waals surface area contributed by atoms with E-state index in [1.54, 1.807) is 31.2 Å². The fourth-order valence-electron chi connectivity index (χ4n) is 3.54. The van der Waals surface area contributed by atoms with E-state index in [9.17, 15) is 9.59 Å². The Morgan fingerprint density at radius 3 is 2.37 bits per heavy atom. The van der Waals surface area contributed by atoms with E-state index in [-0.39, 0.29) is 17.7 Å². The number of carbonyl (C=O) groups is 2. The second-order valence-corrected chi connectivity index (χ2v) is 7.48. The smallest absolute Gasteiger partial charge is 0.251 e. The maximum absolute atomic E-state index is 13.1. The van der Waals surface area contributed by atoms with Crippen molar-refractivity contribution in [1.29, 1.82) is 0 Å². The van der Waals surface area contributed by atoms with E-state index in [0.29, 0.717) is 17.3 Å². The van der Waals surface area contributed by atoms with Crippen molar-refractivity contribution >= 4 is 11.8 Å². The molecule has 3 rings (SSSR count). The number of benzene rings is 1. The van der Waals surface area contributed by atoms with Crippen LogP contribution in [0.15, 0.2) is 34.9 Å². The third kappa shape index (κ3) is 4.18. The fourth-order valence-corrected chi connectivity index (χ4v) is 3.54. The van der Waals surface area contributed by atoms with Crippen molar-refractivity contribution in [3.8, 4) is 0 Å². The highest BCUT2D eigenvalue weighted by Gasteiger charge is 2.42. The molecule has 0 unspecified atom stereocenters. The van der Waals surface area contributed by atoms with Crippen LogP contribution in [-0.4, -0.2) is 28.0 Å². The molecule has 0 saturated heterocycles. The molecule has 7 heteroatoms. The number of hydrogen-bond donors (Lipinski definition) is 2. The molecule has 1 aromatic carbocycles. The van der Waals surface area contributed by atoms with E-state index in [0.717, 1.165) is 25.7 Å². The Labute approximate surface area is 158 Å². The van der Waals surface area contributed by atoms with Gasteiger partial charge in [0, 0.05) is 12.5 Å². The standard InChI is InChI=1S/C20H26N4O3/c1-13(2)16(22-17(25)15-9-5-4-6-10-15)18(26)23-20(11-7-8-12-20)19-21-14(3)27-24-19/h4-6,9-10,13,16H,7-8,11-12H2,1-3H3,(H,22,25)(H,23,26)/t16-/m0/s1. The molecule has 1 atom stereocenters. The quantitative estimate of drug-likeness (QED) is 0.815. The van der Waals surface area contributed by atoms with E-state index in [1.165, 1.54) is 0 Å². The van der Waals surface area contributed by atoms with E-state index >= 15 is 0 Å².